The molecule has 0 saturated carbocycles. The van der Waals surface area contributed by atoms with Gasteiger partial charge >= 0.3 is 0 Å². The summed E-state index contributed by atoms with van der Waals surface area (Å²) < 4.78 is 0. The summed E-state index contributed by atoms with van der Waals surface area (Å²) in [5.74, 6) is 0. The van der Waals surface area contributed by atoms with Crippen LogP contribution in [0.4, 0.5) is 0 Å². The summed E-state index contributed by atoms with van der Waals surface area (Å²) in [4.78, 5) is 0. The van der Waals surface area contributed by atoms with Gasteiger partial charge in [-0.2, -0.15) is 0 Å². The molecule has 1 aliphatic carbocycles. The van der Waals surface area contributed by atoms with Gasteiger partial charge in [0.1, 0.15) is 0 Å². The summed E-state index contributed by atoms with van der Waals surface area (Å²) in [6, 6.07) is 28.9. The van der Waals surface area contributed by atoms with Crippen LogP contribution in [0.5, 0.6) is 0 Å². The van der Waals surface area contributed by atoms with E-state index in [1.165, 1.54) is 49.7 Å². The molecule has 0 fully saturated rings. The van der Waals surface area contributed by atoms with Gasteiger partial charge in [0, 0.05) is 5.41 Å². The second-order valence-electron chi connectivity index (χ2n) is 7.88. The lowest BCUT2D eigenvalue weighted by molar-refractivity contribution is 0.662. The van der Waals surface area contributed by atoms with Crippen LogP contribution in [0.15, 0.2) is 78.9 Å². The van der Waals surface area contributed by atoms with Crippen LogP contribution in [0.3, 0.4) is 0 Å². The fourth-order valence-corrected chi connectivity index (χ4v) is 4.79. The van der Waals surface area contributed by atoms with Crippen molar-refractivity contribution in [3.8, 4) is 22.3 Å². The molecule has 26 heavy (non-hydrogen) atoms. The molecule has 0 radical (unpaired) electrons. The molecule has 126 valence electrons. The number of hydrogen-bond donors (Lipinski definition) is 0. The van der Waals surface area contributed by atoms with Crippen molar-refractivity contribution in [2.24, 2.45) is 0 Å². The smallest absolute Gasteiger partial charge is 0.0165 e. The van der Waals surface area contributed by atoms with Crippen LogP contribution in [0, 0.1) is 6.92 Å². The number of fused-ring (bicyclic) bond motifs is 4. The Bertz CT molecular complexity index is 1160. The van der Waals surface area contributed by atoms with Crippen molar-refractivity contribution in [1.29, 1.82) is 0 Å². The van der Waals surface area contributed by atoms with E-state index < -0.39 is 0 Å². The molecule has 0 N–H and O–H groups in total. The fourth-order valence-electron chi connectivity index (χ4n) is 4.79. The van der Waals surface area contributed by atoms with Crippen molar-refractivity contribution < 1.29 is 0 Å². The first-order valence-corrected chi connectivity index (χ1v) is 9.31. The van der Waals surface area contributed by atoms with Crippen LogP contribution < -0.4 is 0 Å². The summed E-state index contributed by atoms with van der Waals surface area (Å²) in [7, 11) is 0. The maximum atomic E-state index is 2.36. The van der Waals surface area contributed by atoms with Gasteiger partial charge in [0.2, 0.25) is 0 Å². The van der Waals surface area contributed by atoms with Crippen LogP contribution in [0.25, 0.3) is 33.0 Å². The van der Waals surface area contributed by atoms with Crippen LogP contribution in [-0.4, -0.2) is 0 Å². The third-order valence-corrected chi connectivity index (χ3v) is 5.99. The Balaban J connectivity index is 1.91. The summed E-state index contributed by atoms with van der Waals surface area (Å²) in [5, 5.41) is 2.65. The van der Waals surface area contributed by atoms with Crippen molar-refractivity contribution in [2.75, 3.05) is 0 Å². The number of hydrogen-bond acceptors (Lipinski definition) is 0. The van der Waals surface area contributed by atoms with Crippen LogP contribution >= 0.6 is 0 Å². The van der Waals surface area contributed by atoms with Gasteiger partial charge in [-0.15, -0.1) is 0 Å². The Morgan fingerprint density at radius 1 is 0.615 bits per heavy atom. The van der Waals surface area contributed by atoms with Crippen molar-refractivity contribution >= 4 is 10.8 Å². The second-order valence-corrected chi connectivity index (χ2v) is 7.88. The molecule has 0 saturated heterocycles. The first kappa shape index (κ1) is 15.4. The van der Waals surface area contributed by atoms with Gasteiger partial charge in [0.15, 0.2) is 0 Å². The molecule has 1 aliphatic rings. The fraction of sp³-hybridized carbons (Fsp3) is 0.154. The van der Waals surface area contributed by atoms with E-state index in [4.69, 9.17) is 0 Å². The molecule has 0 aliphatic heterocycles. The monoisotopic (exact) mass is 334 g/mol. The zero-order valence-corrected chi connectivity index (χ0v) is 15.5. The molecule has 0 amide bonds. The first-order chi connectivity index (χ1) is 12.6. The molecule has 0 atom stereocenters. The van der Waals surface area contributed by atoms with Gasteiger partial charge in [-0.1, -0.05) is 92.7 Å². The zero-order chi connectivity index (χ0) is 17.9. The summed E-state index contributed by atoms with van der Waals surface area (Å²) >= 11 is 0. The van der Waals surface area contributed by atoms with Gasteiger partial charge in [-0.05, 0) is 56.6 Å². The average Bonchev–Trinajstić information content (AvgIpc) is 2.90. The van der Waals surface area contributed by atoms with E-state index in [-0.39, 0.29) is 5.41 Å². The molecule has 5 rings (SSSR count). The highest BCUT2D eigenvalue weighted by molar-refractivity contribution is 6.01. The molecule has 0 aromatic heterocycles. The van der Waals surface area contributed by atoms with Gasteiger partial charge in [-0.3, -0.25) is 0 Å². The van der Waals surface area contributed by atoms with E-state index in [0.717, 1.165) is 0 Å². The minimum Gasteiger partial charge on any atom is -0.0619 e. The predicted molar refractivity (Wildman–Crippen MR) is 112 cm³/mol. The van der Waals surface area contributed by atoms with Crippen LogP contribution in [0.1, 0.15) is 30.5 Å². The maximum Gasteiger partial charge on any atom is 0.0165 e. The Hall–Kier alpha value is -2.86. The molecular weight excluding hydrogens is 312 g/mol. The highest BCUT2D eigenvalue weighted by atomic mass is 14.4. The largest absolute Gasteiger partial charge is 0.0619 e. The average molecular weight is 334 g/mol. The van der Waals surface area contributed by atoms with Crippen molar-refractivity contribution in [1.82, 2.24) is 0 Å². The van der Waals surface area contributed by atoms with Crippen molar-refractivity contribution in [2.45, 2.75) is 26.2 Å². The Morgan fingerprint density at radius 2 is 1.31 bits per heavy atom. The number of aryl methyl sites for hydroxylation is 1. The minimum absolute atomic E-state index is 0.00586. The molecular formula is C26H22. The highest BCUT2D eigenvalue weighted by Gasteiger charge is 2.37. The summed E-state index contributed by atoms with van der Waals surface area (Å²) in [6.07, 6.45) is 0. The first-order valence-electron chi connectivity index (χ1n) is 9.31. The van der Waals surface area contributed by atoms with E-state index in [1.54, 1.807) is 0 Å². The highest BCUT2D eigenvalue weighted by Crippen LogP contribution is 2.52. The lowest BCUT2D eigenvalue weighted by atomic mass is 9.77. The third kappa shape index (κ3) is 1.96. The lowest BCUT2D eigenvalue weighted by Crippen LogP contribution is -2.16. The predicted octanol–water partition coefficient (Wildman–Crippen LogP) is 7.12. The normalized spacial score (nSPS) is 14.3. The molecule has 4 aromatic carbocycles. The Morgan fingerprint density at radius 3 is 2.19 bits per heavy atom. The summed E-state index contributed by atoms with van der Waals surface area (Å²) in [6.45, 7) is 6.96. The van der Waals surface area contributed by atoms with Gasteiger partial charge in [0.05, 0.1) is 0 Å². The van der Waals surface area contributed by atoms with E-state index >= 15 is 0 Å². The van der Waals surface area contributed by atoms with Gasteiger partial charge < -0.3 is 0 Å². The molecule has 0 spiro atoms. The summed E-state index contributed by atoms with van der Waals surface area (Å²) in [5.41, 5.74) is 9.75. The molecule has 0 unspecified atom stereocenters. The molecule has 0 bridgehead atoms. The third-order valence-electron chi connectivity index (χ3n) is 5.99. The molecule has 0 nitrogen and oxygen atoms in total. The van der Waals surface area contributed by atoms with Crippen LogP contribution in [-0.2, 0) is 5.41 Å². The lowest BCUT2D eigenvalue weighted by Gasteiger charge is -2.25. The van der Waals surface area contributed by atoms with E-state index in [0.29, 0.717) is 0 Å². The van der Waals surface area contributed by atoms with Crippen molar-refractivity contribution in [3.05, 3.63) is 95.6 Å². The number of benzene rings is 4. The SMILES string of the molecule is Cc1ccc2ccccc2c1-c1cccc2c1C(C)(C)c1ccccc1-2. The molecule has 4 aromatic rings. The Kier molecular flexibility index (Phi) is 3.15. The van der Waals surface area contributed by atoms with Gasteiger partial charge in [-0.25, -0.2) is 0 Å². The van der Waals surface area contributed by atoms with Gasteiger partial charge in [0.25, 0.3) is 0 Å². The minimum atomic E-state index is 0.00586. The molecule has 0 heteroatoms. The van der Waals surface area contributed by atoms with E-state index in [2.05, 4.69) is 99.6 Å². The van der Waals surface area contributed by atoms with E-state index in [1.807, 2.05) is 0 Å². The number of rotatable bonds is 1. The Labute approximate surface area is 155 Å². The standard InChI is InChI=1S/C26H22/c1-17-15-16-18-9-4-5-10-19(18)24(17)22-13-8-12-21-20-11-6-7-14-23(20)26(2,3)25(21)22/h4-16H,1-3H3. The van der Waals surface area contributed by atoms with E-state index in [9.17, 15) is 0 Å². The zero-order valence-electron chi connectivity index (χ0n) is 15.5. The second kappa shape index (κ2) is 5.32. The van der Waals surface area contributed by atoms with Crippen molar-refractivity contribution in [3.63, 3.8) is 0 Å². The molecule has 0 heterocycles. The van der Waals surface area contributed by atoms with Crippen LogP contribution in [0.2, 0.25) is 0 Å². The topological polar surface area (TPSA) is 0 Å². The maximum absolute atomic E-state index is 2.36. The quantitative estimate of drug-likeness (QED) is 0.347.